The summed E-state index contributed by atoms with van der Waals surface area (Å²) in [5.41, 5.74) is 6.45. The number of carboxylic acid groups (broad SMARTS) is 1. The topological polar surface area (TPSA) is 88.7 Å². The predicted molar refractivity (Wildman–Crippen MR) is 143 cm³/mol. The normalized spacial score (nSPS) is 15.8. The molecule has 3 N–H and O–H groups in total. The molecule has 3 aromatic rings. The number of nitrogens with two attached hydrogens (primary N) is 1. The Morgan fingerprint density at radius 1 is 1.20 bits per heavy atom. The summed E-state index contributed by atoms with van der Waals surface area (Å²) in [6, 6.07) is 6.40. The number of aliphatic carboxylic acids is 1. The van der Waals surface area contributed by atoms with Gasteiger partial charge in [-0.05, 0) is 68.0 Å². The molecule has 1 aliphatic heterocycles. The van der Waals surface area contributed by atoms with Crippen LogP contribution >= 0.6 is 0 Å². The summed E-state index contributed by atoms with van der Waals surface area (Å²) < 4.78 is 62.0. The Morgan fingerprint density at radius 3 is 2.52 bits per heavy atom. The third-order valence-electron chi connectivity index (χ3n) is 7.63. The van der Waals surface area contributed by atoms with Crippen LogP contribution in [0.1, 0.15) is 55.0 Å². The second-order valence-electron chi connectivity index (χ2n) is 10.2. The lowest BCUT2D eigenvalue weighted by molar-refractivity contribution is -0.141. The summed E-state index contributed by atoms with van der Waals surface area (Å²) in [4.78, 5) is 18.1. The molecule has 10 heteroatoms. The molecule has 0 unspecified atom stereocenters. The maximum Gasteiger partial charge on any atom is 0.303 e. The summed E-state index contributed by atoms with van der Waals surface area (Å²) >= 11 is 0. The molecule has 1 aromatic heterocycles. The number of ether oxygens (including phenoxy) is 1. The van der Waals surface area contributed by atoms with Gasteiger partial charge in [0, 0.05) is 35.8 Å². The molecule has 0 amide bonds. The molecule has 1 atom stereocenters. The van der Waals surface area contributed by atoms with Crippen LogP contribution in [0.25, 0.3) is 10.9 Å². The van der Waals surface area contributed by atoms with Gasteiger partial charge in [-0.2, -0.15) is 0 Å². The Labute approximate surface area is 230 Å². The smallest absolute Gasteiger partial charge is 0.303 e. The zero-order valence-corrected chi connectivity index (χ0v) is 22.2. The third-order valence-corrected chi connectivity index (χ3v) is 7.63. The number of methoxy groups -OCH3 is 1. The highest BCUT2D eigenvalue weighted by Gasteiger charge is 2.37. The molecule has 1 aliphatic rings. The van der Waals surface area contributed by atoms with Crippen LogP contribution in [-0.4, -0.2) is 47.7 Å². The van der Waals surface area contributed by atoms with E-state index in [1.165, 1.54) is 7.11 Å². The van der Waals surface area contributed by atoms with Gasteiger partial charge in [-0.25, -0.2) is 17.6 Å². The molecule has 2 heterocycles. The van der Waals surface area contributed by atoms with Gasteiger partial charge in [-0.1, -0.05) is 11.8 Å². The largest absolute Gasteiger partial charge is 0.497 e. The second kappa shape index (κ2) is 12.7. The van der Waals surface area contributed by atoms with E-state index in [9.17, 15) is 23.1 Å². The van der Waals surface area contributed by atoms with Crippen LogP contribution in [0.4, 0.5) is 17.6 Å². The first-order chi connectivity index (χ1) is 19.1. The number of pyridine rings is 1. The maximum atomic E-state index is 15.9. The van der Waals surface area contributed by atoms with Crippen molar-refractivity contribution in [3.8, 4) is 17.6 Å². The van der Waals surface area contributed by atoms with Gasteiger partial charge in [0.2, 0.25) is 0 Å². The number of halogens is 4. The number of likely N-dealkylation sites (tertiary alicyclic amines) is 1. The lowest BCUT2D eigenvalue weighted by Gasteiger charge is -2.41. The van der Waals surface area contributed by atoms with E-state index in [1.807, 2.05) is 4.90 Å². The fourth-order valence-corrected chi connectivity index (χ4v) is 5.39. The van der Waals surface area contributed by atoms with Gasteiger partial charge in [0.05, 0.1) is 31.2 Å². The van der Waals surface area contributed by atoms with Crippen LogP contribution in [0, 0.1) is 34.7 Å². The first kappa shape index (κ1) is 29.3. The fraction of sp³-hybridized carbons (Fsp3) is 0.400. The predicted octanol–water partition coefficient (Wildman–Crippen LogP) is 5.52. The Hall–Kier alpha value is -3.68. The van der Waals surface area contributed by atoms with E-state index < -0.39 is 40.6 Å². The van der Waals surface area contributed by atoms with E-state index in [0.717, 1.165) is 0 Å². The average molecular weight is 558 g/mol. The van der Waals surface area contributed by atoms with Crippen molar-refractivity contribution >= 4 is 16.9 Å². The van der Waals surface area contributed by atoms with Gasteiger partial charge in [-0.15, -0.1) is 0 Å². The Balaban J connectivity index is 1.46. The fourth-order valence-electron chi connectivity index (χ4n) is 5.39. The SMILES string of the molecule is COc1ccc2ncc(CN)c([C@@H](F)CCC3(CC(=O)O)CCN(CC#Cc4c(F)cc(F)cc4F)CC3)c2c1. The quantitative estimate of drug-likeness (QED) is 0.266. The number of benzene rings is 2. The lowest BCUT2D eigenvalue weighted by atomic mass is 9.71. The van der Waals surface area contributed by atoms with Crippen molar-refractivity contribution in [2.75, 3.05) is 26.7 Å². The van der Waals surface area contributed by atoms with Crippen LogP contribution in [0.5, 0.6) is 5.75 Å². The van der Waals surface area contributed by atoms with Crippen molar-refractivity contribution in [1.29, 1.82) is 0 Å². The molecule has 0 aliphatic carbocycles. The van der Waals surface area contributed by atoms with Gasteiger partial charge >= 0.3 is 5.97 Å². The standard InChI is InChI=1S/C30H31F4N3O3/c1-40-21-4-5-27-23(15-21)29(19(17-35)18-36-27)24(32)6-7-30(16-28(38)39)8-11-37(12-9-30)10-2-3-22-25(33)13-20(31)14-26(22)34/h4-5,13-15,18,24H,6-12,16-17,35H2,1H3,(H,38,39)/t24-/m0/s1. The monoisotopic (exact) mass is 557 g/mol. The molecule has 212 valence electrons. The number of rotatable bonds is 9. The summed E-state index contributed by atoms with van der Waals surface area (Å²) in [6.45, 7) is 1.31. The van der Waals surface area contributed by atoms with Crippen molar-refractivity contribution in [3.63, 3.8) is 0 Å². The van der Waals surface area contributed by atoms with Crippen LogP contribution in [0.2, 0.25) is 0 Å². The number of alkyl halides is 1. The number of hydrogen-bond acceptors (Lipinski definition) is 5. The van der Waals surface area contributed by atoms with Crippen LogP contribution in [0.3, 0.4) is 0 Å². The van der Waals surface area contributed by atoms with E-state index in [1.54, 1.807) is 24.4 Å². The third kappa shape index (κ3) is 6.72. The molecule has 1 saturated heterocycles. The van der Waals surface area contributed by atoms with Crippen LogP contribution < -0.4 is 10.5 Å². The Kier molecular flexibility index (Phi) is 9.28. The van der Waals surface area contributed by atoms with Crippen molar-refractivity contribution < 1.29 is 32.2 Å². The highest BCUT2D eigenvalue weighted by Crippen LogP contribution is 2.43. The highest BCUT2D eigenvalue weighted by molar-refractivity contribution is 5.85. The summed E-state index contributed by atoms with van der Waals surface area (Å²) in [5.74, 6) is 1.61. The number of piperidine rings is 1. The minimum absolute atomic E-state index is 0.0973. The summed E-state index contributed by atoms with van der Waals surface area (Å²) in [6.07, 6.45) is 1.56. The van der Waals surface area contributed by atoms with Gasteiger partial charge in [-0.3, -0.25) is 14.7 Å². The molecule has 1 fully saturated rings. The molecule has 6 nitrogen and oxygen atoms in total. The summed E-state index contributed by atoms with van der Waals surface area (Å²) in [7, 11) is 1.53. The molecule has 0 spiro atoms. The second-order valence-corrected chi connectivity index (χ2v) is 10.2. The number of carboxylic acids is 1. The van der Waals surface area contributed by atoms with E-state index in [0.29, 0.717) is 72.3 Å². The van der Waals surface area contributed by atoms with E-state index in [2.05, 4.69) is 16.8 Å². The number of hydrogen-bond donors (Lipinski definition) is 2. The number of carbonyl (C=O) groups is 1. The van der Waals surface area contributed by atoms with Crippen molar-refractivity contribution in [1.82, 2.24) is 9.88 Å². The Morgan fingerprint density at radius 2 is 1.90 bits per heavy atom. The molecular formula is C30H31F4N3O3. The van der Waals surface area contributed by atoms with Crippen molar-refractivity contribution in [2.24, 2.45) is 11.1 Å². The molecule has 2 aromatic carbocycles. The first-order valence-corrected chi connectivity index (χ1v) is 13.0. The zero-order chi connectivity index (χ0) is 28.9. The minimum atomic E-state index is -1.38. The highest BCUT2D eigenvalue weighted by atomic mass is 19.1. The van der Waals surface area contributed by atoms with E-state index in [4.69, 9.17) is 10.5 Å². The number of aromatic nitrogens is 1. The molecule has 4 rings (SSSR count). The first-order valence-electron chi connectivity index (χ1n) is 13.0. The molecule has 0 radical (unpaired) electrons. The van der Waals surface area contributed by atoms with Gasteiger partial charge in [0.1, 0.15) is 29.4 Å². The van der Waals surface area contributed by atoms with Crippen molar-refractivity contribution in [3.05, 3.63) is 70.7 Å². The molecule has 0 saturated carbocycles. The average Bonchev–Trinajstić information content (AvgIpc) is 2.92. The number of nitrogens with zero attached hydrogens (tertiary/aromatic N) is 2. The van der Waals surface area contributed by atoms with Gasteiger partial charge < -0.3 is 15.6 Å². The molecular weight excluding hydrogens is 526 g/mol. The lowest BCUT2D eigenvalue weighted by Crippen LogP contribution is -2.41. The summed E-state index contributed by atoms with van der Waals surface area (Å²) in [5, 5.41) is 10.2. The van der Waals surface area contributed by atoms with E-state index in [-0.39, 0.29) is 25.9 Å². The Bertz CT molecular complexity index is 1420. The van der Waals surface area contributed by atoms with Crippen LogP contribution in [-0.2, 0) is 11.3 Å². The van der Waals surface area contributed by atoms with Crippen LogP contribution in [0.15, 0.2) is 36.5 Å². The number of fused-ring (bicyclic) bond motifs is 1. The zero-order valence-electron chi connectivity index (χ0n) is 22.2. The van der Waals surface area contributed by atoms with Crippen molar-refractivity contribution in [2.45, 2.75) is 44.8 Å². The van der Waals surface area contributed by atoms with Gasteiger partial charge in [0.25, 0.3) is 0 Å². The maximum absolute atomic E-state index is 15.9. The minimum Gasteiger partial charge on any atom is -0.497 e. The molecule has 40 heavy (non-hydrogen) atoms. The van der Waals surface area contributed by atoms with Gasteiger partial charge in [0.15, 0.2) is 0 Å². The molecule has 0 bridgehead atoms. The van der Waals surface area contributed by atoms with E-state index >= 15 is 4.39 Å².